The molecule has 0 saturated heterocycles. The molecule has 3 atom stereocenters. The van der Waals surface area contributed by atoms with Crippen molar-refractivity contribution in [1.29, 1.82) is 0 Å². The zero-order valence-electron chi connectivity index (χ0n) is 20.3. The van der Waals surface area contributed by atoms with Crippen LogP contribution in [0.3, 0.4) is 0 Å². The fourth-order valence-corrected chi connectivity index (χ4v) is 5.48. The maximum absolute atomic E-state index is 13.7. The van der Waals surface area contributed by atoms with Gasteiger partial charge < -0.3 is 24.9 Å². The van der Waals surface area contributed by atoms with Crippen LogP contribution in [0.5, 0.6) is 0 Å². The van der Waals surface area contributed by atoms with Crippen molar-refractivity contribution in [2.45, 2.75) is 50.8 Å². The molecule has 1 amide bonds. The van der Waals surface area contributed by atoms with Crippen molar-refractivity contribution in [3.63, 3.8) is 0 Å². The van der Waals surface area contributed by atoms with Crippen LogP contribution >= 0.6 is 11.6 Å². The topological polar surface area (TPSA) is 129 Å². The highest BCUT2D eigenvalue weighted by molar-refractivity contribution is 6.37. The van der Waals surface area contributed by atoms with Gasteiger partial charge in [0.1, 0.15) is 16.7 Å². The summed E-state index contributed by atoms with van der Waals surface area (Å²) < 4.78 is 12.5. The highest BCUT2D eigenvalue weighted by atomic mass is 35.5. The molecule has 1 fully saturated rings. The van der Waals surface area contributed by atoms with Gasteiger partial charge >= 0.3 is 5.97 Å². The number of ether oxygens (including phenoxy) is 1. The summed E-state index contributed by atoms with van der Waals surface area (Å²) in [6, 6.07) is 13.8. The van der Waals surface area contributed by atoms with E-state index >= 15 is 0 Å². The van der Waals surface area contributed by atoms with Crippen LogP contribution in [-0.4, -0.2) is 34.2 Å². The third-order valence-electron chi connectivity index (χ3n) is 6.90. The Labute approximate surface area is 217 Å². The number of hydrogen-bond donors (Lipinski definition) is 2. The van der Waals surface area contributed by atoms with Crippen molar-refractivity contribution < 1.29 is 18.8 Å². The maximum Gasteiger partial charge on any atom is 0.320 e. The number of hydrogen-bond acceptors (Lipinski definition) is 7. The highest BCUT2D eigenvalue weighted by Crippen LogP contribution is 2.35. The molecule has 37 heavy (non-hydrogen) atoms. The molecule has 9 nitrogen and oxygen atoms in total. The number of amides is 1. The molecule has 1 aliphatic carbocycles. The number of nitrogens with two attached hydrogens (primary N) is 1. The molecule has 10 heteroatoms. The van der Waals surface area contributed by atoms with Gasteiger partial charge in [-0.25, -0.2) is 0 Å². The number of nitrogens with zero attached hydrogens (tertiary/aromatic N) is 2. The summed E-state index contributed by atoms with van der Waals surface area (Å²) in [5.74, 6) is -0.661. The van der Waals surface area contributed by atoms with Crippen molar-refractivity contribution in [2.24, 2.45) is 5.73 Å². The van der Waals surface area contributed by atoms with Crippen LogP contribution in [0.2, 0.25) is 5.02 Å². The molecule has 0 spiro atoms. The minimum absolute atomic E-state index is 0.187. The Hall–Kier alpha value is -3.69. The fourth-order valence-electron chi connectivity index (χ4n) is 5.22. The van der Waals surface area contributed by atoms with Crippen LogP contribution in [-0.2, 0) is 14.3 Å². The Morgan fingerprint density at radius 3 is 2.73 bits per heavy atom. The highest BCUT2D eigenvalue weighted by Gasteiger charge is 2.31. The van der Waals surface area contributed by atoms with E-state index in [-0.39, 0.29) is 24.2 Å². The number of fused-ring (bicyclic) bond motifs is 3. The van der Waals surface area contributed by atoms with E-state index in [1.165, 1.54) is 0 Å². The first-order valence-corrected chi connectivity index (χ1v) is 12.6. The zero-order chi connectivity index (χ0) is 26.1. The molecule has 192 valence electrons. The number of pyridine rings is 1. The quantitative estimate of drug-likeness (QED) is 0.367. The Bertz CT molecular complexity index is 1530. The van der Waals surface area contributed by atoms with Crippen LogP contribution in [0.1, 0.15) is 49.2 Å². The summed E-state index contributed by atoms with van der Waals surface area (Å²) >= 11 is 6.55. The number of aryl methyl sites for hydroxylation is 1. The van der Waals surface area contributed by atoms with Gasteiger partial charge in [0.2, 0.25) is 6.10 Å². The van der Waals surface area contributed by atoms with Crippen LogP contribution in [0.4, 0.5) is 0 Å². The average molecular weight is 523 g/mol. The summed E-state index contributed by atoms with van der Waals surface area (Å²) in [4.78, 5) is 38.9. The van der Waals surface area contributed by atoms with E-state index in [0.29, 0.717) is 44.6 Å². The second-order valence-corrected chi connectivity index (χ2v) is 9.69. The lowest BCUT2D eigenvalue weighted by Crippen LogP contribution is -2.43. The molecule has 0 unspecified atom stereocenters. The van der Waals surface area contributed by atoms with Crippen LogP contribution in [0.15, 0.2) is 57.8 Å². The normalized spacial score (nSPS) is 18.6. The number of aromatic nitrogens is 2. The molecular formula is C27H27ClN4O5. The van der Waals surface area contributed by atoms with E-state index in [2.05, 4.69) is 10.5 Å². The summed E-state index contributed by atoms with van der Waals surface area (Å²) in [6.45, 7) is 1.38. The third-order valence-corrected chi connectivity index (χ3v) is 7.21. The van der Waals surface area contributed by atoms with E-state index in [9.17, 15) is 14.4 Å². The molecule has 2 aromatic heterocycles. The number of halogens is 1. The second kappa shape index (κ2) is 10.4. The lowest BCUT2D eigenvalue weighted by molar-refractivity contribution is -0.155. The van der Waals surface area contributed by atoms with E-state index in [0.717, 1.165) is 19.3 Å². The first-order chi connectivity index (χ1) is 17.9. The number of benzene rings is 2. The van der Waals surface area contributed by atoms with Crippen LogP contribution in [0.25, 0.3) is 21.8 Å². The van der Waals surface area contributed by atoms with E-state index < -0.39 is 18.0 Å². The predicted octanol–water partition coefficient (Wildman–Crippen LogP) is 3.95. The molecule has 0 aliphatic heterocycles. The number of rotatable bonds is 6. The first kappa shape index (κ1) is 25.0. The monoisotopic (exact) mass is 522 g/mol. The third kappa shape index (κ3) is 4.72. The summed E-state index contributed by atoms with van der Waals surface area (Å²) in [5, 5.41) is 8.70. The van der Waals surface area contributed by atoms with Gasteiger partial charge in [-0.05, 0) is 44.7 Å². The zero-order valence-corrected chi connectivity index (χ0v) is 21.0. The Morgan fingerprint density at radius 1 is 1.19 bits per heavy atom. The lowest BCUT2D eigenvalue weighted by atomic mass is 9.89. The molecule has 2 aromatic carbocycles. The molecule has 3 N–H and O–H groups in total. The largest absolute Gasteiger partial charge is 0.446 e. The summed E-state index contributed by atoms with van der Waals surface area (Å²) in [5.41, 5.74) is 6.91. The van der Waals surface area contributed by atoms with Gasteiger partial charge in [0.05, 0.1) is 17.1 Å². The molecule has 4 aromatic rings. The molecule has 2 heterocycles. The van der Waals surface area contributed by atoms with Gasteiger partial charge in [-0.1, -0.05) is 53.2 Å². The van der Waals surface area contributed by atoms with Gasteiger partial charge in [0.15, 0.2) is 0 Å². The summed E-state index contributed by atoms with van der Waals surface area (Å²) in [6.07, 6.45) is 1.69. The Kier molecular flexibility index (Phi) is 6.99. The number of carbonyl (C=O) groups is 2. The predicted molar refractivity (Wildman–Crippen MR) is 139 cm³/mol. The smallest absolute Gasteiger partial charge is 0.320 e. The van der Waals surface area contributed by atoms with Gasteiger partial charge in [-0.3, -0.25) is 14.4 Å². The number of esters is 1. The van der Waals surface area contributed by atoms with E-state index in [4.69, 9.17) is 26.6 Å². The summed E-state index contributed by atoms with van der Waals surface area (Å²) in [7, 11) is 0. The van der Waals surface area contributed by atoms with Crippen LogP contribution in [0, 0.1) is 6.92 Å². The van der Waals surface area contributed by atoms with E-state index in [1.807, 2.05) is 12.1 Å². The molecule has 1 aliphatic rings. The number of carbonyl (C=O) groups excluding carboxylic acids is 2. The maximum atomic E-state index is 13.7. The van der Waals surface area contributed by atoms with Gasteiger partial charge in [-0.15, -0.1) is 0 Å². The van der Waals surface area contributed by atoms with Crippen LogP contribution < -0.4 is 16.6 Å². The standard InChI is InChI=1S/C27H27ClN4O5/c1-15-22-24(31-37-15)23-19(28)11-6-12-20(23)32(27(22)35)18-10-5-9-17(13-18)30-26(34)25(36-21(33)14-29)16-7-3-2-4-8-16/h2-4,6-8,11-12,17-18,25H,5,9-10,13-14,29H2,1H3,(H,30,34)/t17-,18-,25-/m1/s1. The Morgan fingerprint density at radius 2 is 1.97 bits per heavy atom. The second-order valence-electron chi connectivity index (χ2n) is 9.28. The minimum atomic E-state index is -1.11. The fraction of sp³-hybridized carbons (Fsp3) is 0.333. The first-order valence-electron chi connectivity index (χ1n) is 12.2. The molecule has 0 bridgehead atoms. The van der Waals surface area contributed by atoms with Crippen molar-refractivity contribution >= 4 is 45.3 Å². The van der Waals surface area contributed by atoms with Crippen molar-refractivity contribution in [3.05, 3.63) is 75.2 Å². The van der Waals surface area contributed by atoms with Gasteiger partial charge in [-0.2, -0.15) is 0 Å². The molecule has 0 radical (unpaired) electrons. The Balaban J connectivity index is 1.46. The molecule has 1 saturated carbocycles. The lowest BCUT2D eigenvalue weighted by Gasteiger charge is -2.32. The molecule has 5 rings (SSSR count). The SMILES string of the molecule is Cc1onc2c1c(=O)n([C@@H]1CCC[C@@H](NC(=O)[C@H](OC(=O)CN)c3ccccc3)C1)c1cccc(Cl)c21. The van der Waals surface area contributed by atoms with Gasteiger partial charge in [0, 0.05) is 23.0 Å². The van der Waals surface area contributed by atoms with Crippen molar-refractivity contribution in [2.75, 3.05) is 6.54 Å². The minimum Gasteiger partial charge on any atom is -0.446 e. The number of nitrogens with one attached hydrogen (secondary N) is 1. The van der Waals surface area contributed by atoms with Gasteiger partial charge in [0.25, 0.3) is 11.5 Å². The molecular weight excluding hydrogens is 496 g/mol. The van der Waals surface area contributed by atoms with Crippen molar-refractivity contribution in [3.8, 4) is 0 Å². The van der Waals surface area contributed by atoms with E-state index in [1.54, 1.807) is 47.9 Å². The van der Waals surface area contributed by atoms with Crippen molar-refractivity contribution in [1.82, 2.24) is 15.0 Å². The average Bonchev–Trinajstić information content (AvgIpc) is 3.29.